The van der Waals surface area contributed by atoms with E-state index in [1.54, 1.807) is 6.20 Å². The van der Waals surface area contributed by atoms with Gasteiger partial charge in [0.2, 0.25) is 0 Å². The Morgan fingerprint density at radius 2 is 1.94 bits per heavy atom. The van der Waals surface area contributed by atoms with Crippen LogP contribution in [0.5, 0.6) is 5.75 Å². The number of imidazole rings is 1. The second-order valence-corrected chi connectivity index (χ2v) is 9.04. The van der Waals surface area contributed by atoms with Crippen LogP contribution in [-0.4, -0.2) is 39.4 Å². The molecule has 0 amide bonds. The summed E-state index contributed by atoms with van der Waals surface area (Å²) in [5, 5.41) is 0. The Kier molecular flexibility index (Phi) is 6.01. The second-order valence-electron chi connectivity index (χ2n) is 9.04. The number of hydrogen-bond acceptors (Lipinski definition) is 5. The zero-order valence-corrected chi connectivity index (χ0v) is 19.3. The Labute approximate surface area is 195 Å². The Morgan fingerprint density at radius 3 is 2.73 bits per heavy atom. The predicted octanol–water partition coefficient (Wildman–Crippen LogP) is 5.00. The van der Waals surface area contributed by atoms with Gasteiger partial charge in [0.1, 0.15) is 35.2 Å². The van der Waals surface area contributed by atoms with Crippen LogP contribution in [0.25, 0.3) is 16.8 Å². The number of nitrogens with two attached hydrogens (primary N) is 1. The molecule has 1 fully saturated rings. The number of anilines is 1. The molecule has 0 unspecified atom stereocenters. The molecule has 6 heteroatoms. The third-order valence-corrected chi connectivity index (χ3v) is 6.68. The highest BCUT2D eigenvalue weighted by atomic mass is 16.5. The van der Waals surface area contributed by atoms with Gasteiger partial charge in [-0.2, -0.15) is 0 Å². The number of aromatic nitrogens is 3. The van der Waals surface area contributed by atoms with Crippen LogP contribution < -0.4 is 10.5 Å². The molecule has 2 aromatic carbocycles. The molecular weight excluding hydrogens is 410 g/mol. The maximum Gasteiger partial charge on any atom is 0.150 e. The second kappa shape index (κ2) is 9.24. The van der Waals surface area contributed by atoms with Gasteiger partial charge in [-0.05, 0) is 50.0 Å². The lowest BCUT2D eigenvalue weighted by molar-refractivity contribution is 0.180. The minimum Gasteiger partial charge on any atom is -0.489 e. The topological polar surface area (TPSA) is 68.7 Å². The fraction of sp³-hybridized carbons (Fsp3) is 0.333. The minimum absolute atomic E-state index is 0.445. The van der Waals surface area contributed by atoms with Crippen LogP contribution in [-0.2, 0) is 6.61 Å². The van der Waals surface area contributed by atoms with Crippen LogP contribution in [0.2, 0.25) is 0 Å². The van der Waals surface area contributed by atoms with Gasteiger partial charge in [-0.3, -0.25) is 4.40 Å². The van der Waals surface area contributed by atoms with Crippen molar-refractivity contribution in [3.63, 3.8) is 0 Å². The highest BCUT2D eigenvalue weighted by Gasteiger charge is 2.34. The van der Waals surface area contributed by atoms with Crippen molar-refractivity contribution in [3.8, 4) is 17.0 Å². The molecule has 170 valence electrons. The molecule has 2 heterocycles. The summed E-state index contributed by atoms with van der Waals surface area (Å²) in [4.78, 5) is 11.8. The minimum atomic E-state index is 0.445. The van der Waals surface area contributed by atoms with Gasteiger partial charge in [0.05, 0.1) is 0 Å². The van der Waals surface area contributed by atoms with Crippen LogP contribution in [0.4, 0.5) is 5.82 Å². The average molecular weight is 442 g/mol. The molecule has 0 radical (unpaired) electrons. The number of nitrogen functional groups attached to an aromatic ring is 1. The molecule has 1 aliphatic rings. The Hall–Kier alpha value is -3.38. The van der Waals surface area contributed by atoms with Gasteiger partial charge in [-0.1, -0.05) is 49.4 Å². The van der Waals surface area contributed by atoms with Crippen molar-refractivity contribution >= 4 is 11.3 Å². The van der Waals surface area contributed by atoms with E-state index < -0.39 is 0 Å². The first-order valence-electron chi connectivity index (χ1n) is 11.7. The van der Waals surface area contributed by atoms with E-state index in [4.69, 9.17) is 15.5 Å². The SMILES string of the molecule is CCN(C)CC1CC(c2nc(-c3cccc(OCc4ccccc4)c3)c3c(N)nccn23)C1. The fourth-order valence-electron chi connectivity index (χ4n) is 4.72. The summed E-state index contributed by atoms with van der Waals surface area (Å²) in [6.07, 6.45) is 6.06. The molecule has 33 heavy (non-hydrogen) atoms. The number of ether oxygens (including phenoxy) is 1. The Bertz CT molecular complexity index is 1230. The molecular formula is C27H31N5O. The number of nitrogens with zero attached hydrogens (tertiary/aromatic N) is 4. The van der Waals surface area contributed by atoms with E-state index in [0.717, 1.165) is 65.8 Å². The monoisotopic (exact) mass is 441 g/mol. The van der Waals surface area contributed by atoms with Gasteiger partial charge >= 0.3 is 0 Å². The highest BCUT2D eigenvalue weighted by Crippen LogP contribution is 2.43. The maximum absolute atomic E-state index is 6.34. The lowest BCUT2D eigenvalue weighted by Gasteiger charge is -2.36. The Balaban J connectivity index is 1.42. The molecule has 5 rings (SSSR count). The van der Waals surface area contributed by atoms with E-state index in [1.165, 1.54) is 0 Å². The van der Waals surface area contributed by atoms with Crippen molar-refractivity contribution in [3.05, 3.63) is 78.4 Å². The highest BCUT2D eigenvalue weighted by molar-refractivity contribution is 5.85. The molecule has 1 saturated carbocycles. The van der Waals surface area contributed by atoms with Crippen LogP contribution in [0, 0.1) is 5.92 Å². The molecule has 6 nitrogen and oxygen atoms in total. The summed E-state index contributed by atoms with van der Waals surface area (Å²) in [5.41, 5.74) is 10.2. The van der Waals surface area contributed by atoms with E-state index in [2.05, 4.69) is 46.5 Å². The number of fused-ring (bicyclic) bond motifs is 1. The average Bonchev–Trinajstić information content (AvgIpc) is 3.21. The van der Waals surface area contributed by atoms with Crippen molar-refractivity contribution in [1.29, 1.82) is 0 Å². The van der Waals surface area contributed by atoms with Crippen LogP contribution in [0.15, 0.2) is 67.0 Å². The zero-order chi connectivity index (χ0) is 22.8. The number of hydrogen-bond donors (Lipinski definition) is 1. The van der Waals surface area contributed by atoms with E-state index in [-0.39, 0.29) is 0 Å². The van der Waals surface area contributed by atoms with Crippen molar-refractivity contribution in [1.82, 2.24) is 19.3 Å². The molecule has 4 aromatic rings. The first-order chi connectivity index (χ1) is 16.1. The lowest BCUT2D eigenvalue weighted by Crippen LogP contribution is -2.34. The van der Waals surface area contributed by atoms with Crippen molar-refractivity contribution < 1.29 is 4.74 Å². The molecule has 0 atom stereocenters. The fourth-order valence-corrected chi connectivity index (χ4v) is 4.72. The molecule has 1 aliphatic carbocycles. The normalized spacial score (nSPS) is 17.9. The zero-order valence-electron chi connectivity index (χ0n) is 19.3. The Morgan fingerprint density at radius 1 is 1.12 bits per heavy atom. The van der Waals surface area contributed by atoms with Crippen LogP contribution >= 0.6 is 0 Å². The van der Waals surface area contributed by atoms with Gasteiger partial charge in [0.25, 0.3) is 0 Å². The first kappa shape index (κ1) is 21.5. The van der Waals surface area contributed by atoms with Gasteiger partial charge in [0.15, 0.2) is 0 Å². The molecule has 0 aliphatic heterocycles. The summed E-state index contributed by atoms with van der Waals surface area (Å²) >= 11 is 0. The van der Waals surface area contributed by atoms with Crippen LogP contribution in [0.1, 0.15) is 37.1 Å². The van der Waals surface area contributed by atoms with Crippen LogP contribution in [0.3, 0.4) is 0 Å². The molecule has 2 N–H and O–H groups in total. The number of benzene rings is 2. The summed E-state index contributed by atoms with van der Waals surface area (Å²) in [5.74, 6) is 3.57. The standard InChI is InChI=1S/C27H31N5O/c1-3-31(2)17-20-14-22(15-20)27-30-24(25-26(28)29-12-13-32(25)27)21-10-7-11-23(16-21)33-18-19-8-5-4-6-9-19/h4-13,16,20,22H,3,14-15,17-18H2,1-2H3,(H2,28,29). The predicted molar refractivity (Wildman–Crippen MR) is 132 cm³/mol. The van der Waals surface area contributed by atoms with Gasteiger partial charge in [-0.25, -0.2) is 9.97 Å². The molecule has 0 bridgehead atoms. The third-order valence-electron chi connectivity index (χ3n) is 6.68. The number of rotatable bonds is 8. The quantitative estimate of drug-likeness (QED) is 0.417. The molecule has 0 spiro atoms. The lowest BCUT2D eigenvalue weighted by atomic mass is 9.74. The van der Waals surface area contributed by atoms with E-state index in [1.807, 2.05) is 42.6 Å². The van der Waals surface area contributed by atoms with Gasteiger partial charge < -0.3 is 15.4 Å². The first-order valence-corrected chi connectivity index (χ1v) is 11.7. The summed E-state index contributed by atoms with van der Waals surface area (Å²) < 4.78 is 8.20. The van der Waals surface area contributed by atoms with Gasteiger partial charge in [-0.15, -0.1) is 0 Å². The van der Waals surface area contributed by atoms with E-state index in [9.17, 15) is 0 Å². The maximum atomic E-state index is 6.34. The summed E-state index contributed by atoms with van der Waals surface area (Å²) in [7, 11) is 2.19. The van der Waals surface area contributed by atoms with E-state index in [0.29, 0.717) is 18.3 Å². The molecule has 0 saturated heterocycles. The van der Waals surface area contributed by atoms with Crippen molar-refractivity contribution in [2.75, 3.05) is 25.9 Å². The molecule has 2 aromatic heterocycles. The van der Waals surface area contributed by atoms with E-state index >= 15 is 0 Å². The smallest absolute Gasteiger partial charge is 0.150 e. The van der Waals surface area contributed by atoms with Crippen molar-refractivity contribution in [2.24, 2.45) is 5.92 Å². The summed E-state index contributed by atoms with van der Waals surface area (Å²) in [6, 6.07) is 18.3. The third kappa shape index (κ3) is 4.44. The van der Waals surface area contributed by atoms with Gasteiger partial charge in [0, 0.05) is 30.4 Å². The summed E-state index contributed by atoms with van der Waals surface area (Å²) in [6.45, 7) is 4.97. The largest absolute Gasteiger partial charge is 0.489 e. The van der Waals surface area contributed by atoms with Crippen molar-refractivity contribution in [2.45, 2.75) is 32.3 Å².